The molecule has 0 radical (unpaired) electrons. The second-order valence-electron chi connectivity index (χ2n) is 4.07. The van der Waals surface area contributed by atoms with Crippen LogP contribution in [0, 0.1) is 0 Å². The van der Waals surface area contributed by atoms with Crippen LogP contribution in [0.3, 0.4) is 0 Å². The molecule has 1 aromatic rings. The van der Waals surface area contributed by atoms with E-state index in [-0.39, 0.29) is 12.5 Å². The van der Waals surface area contributed by atoms with Crippen molar-refractivity contribution in [3.8, 4) is 0 Å². The Morgan fingerprint density at radius 2 is 2.17 bits per heavy atom. The topological polar surface area (TPSA) is 53.4 Å². The lowest BCUT2D eigenvalue weighted by molar-refractivity contribution is 0.0713. The zero-order valence-electron chi connectivity index (χ0n) is 10.6. The molecule has 0 fully saturated rings. The zero-order valence-corrected chi connectivity index (χ0v) is 11.4. The van der Waals surface area contributed by atoms with E-state index in [1.807, 2.05) is 0 Å². The third kappa shape index (κ3) is 4.63. The molecule has 0 atom stereocenters. The number of carbonyl (C=O) groups is 1. The van der Waals surface area contributed by atoms with E-state index in [2.05, 4.69) is 11.9 Å². The maximum absolute atomic E-state index is 12.2. The van der Waals surface area contributed by atoms with Crippen molar-refractivity contribution >= 4 is 17.5 Å². The van der Waals surface area contributed by atoms with E-state index in [1.165, 1.54) is 0 Å². The molecule has 1 heterocycles. The van der Waals surface area contributed by atoms with Gasteiger partial charge in [0.1, 0.15) is 10.8 Å². The molecule has 1 rings (SSSR count). The van der Waals surface area contributed by atoms with Gasteiger partial charge in [-0.2, -0.15) is 0 Å². The molecule has 0 saturated carbocycles. The van der Waals surface area contributed by atoms with E-state index in [0.29, 0.717) is 23.9 Å². The standard InChI is InChI=1S/C13H19ClN2O2/c1-2-3-4-8-16(9-10-17)13(18)11-6-5-7-12(14)15-11/h5-7,17H,2-4,8-10H2,1H3. The van der Waals surface area contributed by atoms with Gasteiger partial charge in [-0.05, 0) is 18.6 Å². The highest BCUT2D eigenvalue weighted by Gasteiger charge is 2.16. The lowest BCUT2D eigenvalue weighted by atomic mass is 10.2. The molecule has 18 heavy (non-hydrogen) atoms. The molecule has 0 aromatic carbocycles. The van der Waals surface area contributed by atoms with Crippen molar-refractivity contribution in [2.75, 3.05) is 19.7 Å². The van der Waals surface area contributed by atoms with Gasteiger partial charge in [0, 0.05) is 13.1 Å². The fraction of sp³-hybridized carbons (Fsp3) is 0.538. The van der Waals surface area contributed by atoms with Crippen molar-refractivity contribution in [3.05, 3.63) is 29.0 Å². The lowest BCUT2D eigenvalue weighted by Gasteiger charge is -2.21. The van der Waals surface area contributed by atoms with E-state index in [1.54, 1.807) is 23.1 Å². The third-order valence-corrected chi connectivity index (χ3v) is 2.83. The predicted octanol–water partition coefficient (Wildman–Crippen LogP) is 2.36. The molecule has 0 aliphatic carbocycles. The predicted molar refractivity (Wildman–Crippen MR) is 71.8 cm³/mol. The summed E-state index contributed by atoms with van der Waals surface area (Å²) in [6, 6.07) is 4.97. The number of halogens is 1. The second-order valence-corrected chi connectivity index (χ2v) is 4.46. The minimum absolute atomic E-state index is 0.0432. The highest BCUT2D eigenvalue weighted by atomic mass is 35.5. The Bertz CT molecular complexity index is 385. The van der Waals surface area contributed by atoms with E-state index in [4.69, 9.17) is 16.7 Å². The van der Waals surface area contributed by atoms with Crippen LogP contribution in [0.4, 0.5) is 0 Å². The number of pyridine rings is 1. The Hall–Kier alpha value is -1.13. The SMILES string of the molecule is CCCCCN(CCO)C(=O)c1cccc(Cl)n1. The van der Waals surface area contributed by atoms with Gasteiger partial charge in [-0.25, -0.2) is 4.98 Å². The van der Waals surface area contributed by atoms with Crippen molar-refractivity contribution in [3.63, 3.8) is 0 Å². The van der Waals surface area contributed by atoms with E-state index in [9.17, 15) is 4.79 Å². The summed E-state index contributed by atoms with van der Waals surface area (Å²) < 4.78 is 0. The normalized spacial score (nSPS) is 10.4. The van der Waals surface area contributed by atoms with Gasteiger partial charge in [0.2, 0.25) is 0 Å². The van der Waals surface area contributed by atoms with E-state index >= 15 is 0 Å². The molecular formula is C13H19ClN2O2. The van der Waals surface area contributed by atoms with Crippen LogP contribution in [0.15, 0.2) is 18.2 Å². The number of unbranched alkanes of at least 4 members (excludes halogenated alkanes) is 2. The summed E-state index contributed by atoms with van der Waals surface area (Å²) in [4.78, 5) is 17.8. The molecule has 100 valence electrons. The Morgan fingerprint density at radius 1 is 1.39 bits per heavy atom. The fourth-order valence-corrected chi connectivity index (χ4v) is 1.84. The first-order valence-electron chi connectivity index (χ1n) is 6.21. The number of rotatable bonds is 7. The molecule has 1 amide bonds. The average Bonchev–Trinajstić information content (AvgIpc) is 2.37. The van der Waals surface area contributed by atoms with E-state index in [0.717, 1.165) is 19.3 Å². The van der Waals surface area contributed by atoms with Crippen LogP contribution in [0.25, 0.3) is 0 Å². The van der Waals surface area contributed by atoms with Gasteiger partial charge in [0.05, 0.1) is 6.61 Å². The average molecular weight is 271 g/mol. The van der Waals surface area contributed by atoms with Gasteiger partial charge in [0.25, 0.3) is 5.91 Å². The maximum Gasteiger partial charge on any atom is 0.272 e. The van der Waals surface area contributed by atoms with Gasteiger partial charge in [-0.15, -0.1) is 0 Å². The smallest absolute Gasteiger partial charge is 0.272 e. The second kappa shape index (κ2) is 8.06. The molecular weight excluding hydrogens is 252 g/mol. The van der Waals surface area contributed by atoms with Crippen LogP contribution in [0.1, 0.15) is 36.7 Å². The summed E-state index contributed by atoms with van der Waals surface area (Å²) in [6.45, 7) is 3.04. The maximum atomic E-state index is 12.2. The number of hydrogen-bond donors (Lipinski definition) is 1. The molecule has 5 heteroatoms. The number of aromatic nitrogens is 1. The molecule has 0 bridgehead atoms. The first-order chi connectivity index (χ1) is 8.69. The van der Waals surface area contributed by atoms with Gasteiger partial charge in [-0.3, -0.25) is 4.79 Å². The van der Waals surface area contributed by atoms with Crippen molar-refractivity contribution in [1.29, 1.82) is 0 Å². The monoisotopic (exact) mass is 270 g/mol. The summed E-state index contributed by atoms with van der Waals surface area (Å²) in [5.41, 5.74) is 0.326. The summed E-state index contributed by atoms with van der Waals surface area (Å²) in [5, 5.41) is 9.31. The number of nitrogens with zero attached hydrogens (tertiary/aromatic N) is 2. The molecule has 4 nitrogen and oxygen atoms in total. The van der Waals surface area contributed by atoms with Crippen LogP contribution in [-0.4, -0.2) is 40.6 Å². The molecule has 0 saturated heterocycles. The minimum Gasteiger partial charge on any atom is -0.395 e. The van der Waals surface area contributed by atoms with Gasteiger partial charge >= 0.3 is 0 Å². The molecule has 1 N–H and O–H groups in total. The number of aliphatic hydroxyl groups is 1. The van der Waals surface area contributed by atoms with Gasteiger partial charge in [0.15, 0.2) is 0 Å². The molecule has 0 spiro atoms. The number of hydrogen-bond acceptors (Lipinski definition) is 3. The Kier molecular flexibility index (Phi) is 6.68. The van der Waals surface area contributed by atoms with Gasteiger partial charge < -0.3 is 10.0 Å². The first kappa shape index (κ1) is 14.9. The summed E-state index contributed by atoms with van der Waals surface area (Å²) >= 11 is 5.77. The number of aliphatic hydroxyl groups excluding tert-OH is 1. The quantitative estimate of drug-likeness (QED) is 0.611. The fourth-order valence-electron chi connectivity index (χ4n) is 1.68. The Labute approximate surface area is 113 Å². The Balaban J connectivity index is 2.69. The lowest BCUT2D eigenvalue weighted by Crippen LogP contribution is -2.35. The van der Waals surface area contributed by atoms with Crippen LogP contribution in [-0.2, 0) is 0 Å². The highest BCUT2D eigenvalue weighted by Crippen LogP contribution is 2.09. The van der Waals surface area contributed by atoms with Crippen LogP contribution >= 0.6 is 11.6 Å². The molecule has 0 unspecified atom stereocenters. The summed E-state index contributed by atoms with van der Waals surface area (Å²) in [6.07, 6.45) is 3.09. The largest absolute Gasteiger partial charge is 0.395 e. The summed E-state index contributed by atoms with van der Waals surface area (Å²) in [5.74, 6) is -0.178. The first-order valence-corrected chi connectivity index (χ1v) is 6.59. The summed E-state index contributed by atoms with van der Waals surface area (Å²) in [7, 11) is 0. The van der Waals surface area contributed by atoms with Crippen molar-refractivity contribution in [2.24, 2.45) is 0 Å². The molecule has 0 aliphatic heterocycles. The van der Waals surface area contributed by atoms with Crippen molar-refractivity contribution in [1.82, 2.24) is 9.88 Å². The van der Waals surface area contributed by atoms with Gasteiger partial charge in [-0.1, -0.05) is 37.4 Å². The van der Waals surface area contributed by atoms with Crippen LogP contribution in [0.2, 0.25) is 5.15 Å². The van der Waals surface area contributed by atoms with Crippen molar-refractivity contribution < 1.29 is 9.90 Å². The Morgan fingerprint density at radius 3 is 2.78 bits per heavy atom. The zero-order chi connectivity index (χ0) is 13.4. The third-order valence-electron chi connectivity index (χ3n) is 2.62. The highest BCUT2D eigenvalue weighted by molar-refractivity contribution is 6.29. The van der Waals surface area contributed by atoms with E-state index < -0.39 is 0 Å². The van der Waals surface area contributed by atoms with Crippen molar-refractivity contribution in [2.45, 2.75) is 26.2 Å². The molecule has 0 aliphatic rings. The van der Waals surface area contributed by atoms with Crippen LogP contribution in [0.5, 0.6) is 0 Å². The number of carbonyl (C=O) groups excluding carboxylic acids is 1. The number of amides is 1. The molecule has 1 aromatic heterocycles. The minimum atomic E-state index is -0.178. The van der Waals surface area contributed by atoms with Crippen LogP contribution < -0.4 is 0 Å².